The zero-order valence-electron chi connectivity index (χ0n) is 14.9. The Labute approximate surface area is 169 Å². The number of hydrogen-bond donors (Lipinski definition) is 1. The number of sulfonamides is 1. The van der Waals surface area contributed by atoms with Crippen molar-refractivity contribution >= 4 is 21.6 Å². The summed E-state index contributed by atoms with van der Waals surface area (Å²) in [6, 6.07) is 20.0. The van der Waals surface area contributed by atoms with Gasteiger partial charge in [-0.1, -0.05) is 48.0 Å². The van der Waals surface area contributed by atoms with E-state index >= 15 is 0 Å². The van der Waals surface area contributed by atoms with Crippen LogP contribution in [-0.4, -0.2) is 8.42 Å². The van der Waals surface area contributed by atoms with E-state index in [1.165, 1.54) is 12.1 Å². The standard InChI is InChI=1S/C21H19ClFNO3S/c22-19-3-1-2-18(12-19)15-28(25,26)24-13-16-6-10-21(11-7-16)27-14-17-4-8-20(23)9-5-17/h1-12,24H,13-15H2. The second-order valence-corrected chi connectivity index (χ2v) is 8.51. The maximum Gasteiger partial charge on any atom is 0.216 e. The van der Waals surface area contributed by atoms with Gasteiger partial charge in [0.15, 0.2) is 0 Å². The lowest BCUT2D eigenvalue weighted by Crippen LogP contribution is -2.24. The van der Waals surface area contributed by atoms with E-state index in [-0.39, 0.29) is 18.1 Å². The molecule has 0 spiro atoms. The Morgan fingerprint density at radius 3 is 2.25 bits per heavy atom. The molecule has 0 aliphatic heterocycles. The molecule has 3 aromatic rings. The predicted molar refractivity (Wildman–Crippen MR) is 108 cm³/mol. The fourth-order valence-corrected chi connectivity index (χ4v) is 3.86. The first kappa shape index (κ1) is 20.3. The van der Waals surface area contributed by atoms with Crippen molar-refractivity contribution in [3.8, 4) is 5.75 Å². The smallest absolute Gasteiger partial charge is 0.216 e. The quantitative estimate of drug-likeness (QED) is 0.576. The van der Waals surface area contributed by atoms with Crippen LogP contribution in [0.4, 0.5) is 4.39 Å². The molecule has 3 rings (SSSR count). The Morgan fingerprint density at radius 1 is 0.893 bits per heavy atom. The molecular formula is C21H19ClFNO3S. The Kier molecular flexibility index (Phi) is 6.67. The monoisotopic (exact) mass is 419 g/mol. The summed E-state index contributed by atoms with van der Waals surface area (Å²) < 4.78 is 45.6. The third kappa shape index (κ3) is 6.34. The lowest BCUT2D eigenvalue weighted by molar-refractivity contribution is 0.306. The molecule has 0 aliphatic rings. The third-order valence-corrected chi connectivity index (χ3v) is 5.52. The maximum atomic E-state index is 12.9. The highest BCUT2D eigenvalue weighted by molar-refractivity contribution is 7.88. The molecule has 7 heteroatoms. The topological polar surface area (TPSA) is 55.4 Å². The van der Waals surface area contributed by atoms with Gasteiger partial charge < -0.3 is 4.74 Å². The summed E-state index contributed by atoms with van der Waals surface area (Å²) in [5.41, 5.74) is 2.30. The molecule has 0 fully saturated rings. The molecule has 4 nitrogen and oxygen atoms in total. The SMILES string of the molecule is O=S(=O)(Cc1cccc(Cl)c1)NCc1ccc(OCc2ccc(F)cc2)cc1. The molecule has 0 heterocycles. The van der Waals surface area contributed by atoms with Crippen molar-refractivity contribution in [2.45, 2.75) is 18.9 Å². The minimum absolute atomic E-state index is 0.133. The summed E-state index contributed by atoms with van der Waals surface area (Å²) in [6.07, 6.45) is 0. The summed E-state index contributed by atoms with van der Waals surface area (Å²) in [4.78, 5) is 0. The molecule has 0 saturated carbocycles. The second-order valence-electron chi connectivity index (χ2n) is 6.27. The van der Waals surface area contributed by atoms with Crippen LogP contribution in [0.3, 0.4) is 0 Å². The van der Waals surface area contributed by atoms with Gasteiger partial charge in [0.1, 0.15) is 18.2 Å². The van der Waals surface area contributed by atoms with Crippen LogP contribution in [0, 0.1) is 5.82 Å². The molecule has 0 aliphatic carbocycles. The highest BCUT2D eigenvalue weighted by atomic mass is 35.5. The first-order valence-corrected chi connectivity index (χ1v) is 10.6. The van der Waals surface area contributed by atoms with Gasteiger partial charge in [-0.2, -0.15) is 0 Å². The van der Waals surface area contributed by atoms with Crippen molar-refractivity contribution in [1.82, 2.24) is 4.72 Å². The first-order valence-electron chi connectivity index (χ1n) is 8.58. The van der Waals surface area contributed by atoms with Crippen LogP contribution in [0.15, 0.2) is 72.8 Å². The van der Waals surface area contributed by atoms with E-state index in [9.17, 15) is 12.8 Å². The number of ether oxygens (including phenoxy) is 1. The van der Waals surface area contributed by atoms with Gasteiger partial charge in [-0.05, 0) is 53.1 Å². The zero-order chi connectivity index (χ0) is 20.0. The summed E-state index contributed by atoms with van der Waals surface area (Å²) in [6.45, 7) is 0.507. The van der Waals surface area contributed by atoms with Gasteiger partial charge in [0.2, 0.25) is 10.0 Å². The van der Waals surface area contributed by atoms with Gasteiger partial charge in [-0.3, -0.25) is 0 Å². The average Bonchev–Trinajstić information content (AvgIpc) is 2.66. The lowest BCUT2D eigenvalue weighted by Gasteiger charge is -2.09. The summed E-state index contributed by atoms with van der Waals surface area (Å²) in [5.74, 6) is 0.229. The van der Waals surface area contributed by atoms with Gasteiger partial charge in [-0.15, -0.1) is 0 Å². The van der Waals surface area contributed by atoms with Crippen LogP contribution in [-0.2, 0) is 28.9 Å². The largest absolute Gasteiger partial charge is 0.489 e. The van der Waals surface area contributed by atoms with Gasteiger partial charge in [-0.25, -0.2) is 17.5 Å². The van der Waals surface area contributed by atoms with Crippen LogP contribution in [0.1, 0.15) is 16.7 Å². The van der Waals surface area contributed by atoms with Crippen molar-refractivity contribution in [3.63, 3.8) is 0 Å². The average molecular weight is 420 g/mol. The maximum absolute atomic E-state index is 12.9. The number of nitrogens with one attached hydrogen (secondary N) is 1. The molecule has 1 N–H and O–H groups in total. The molecule has 28 heavy (non-hydrogen) atoms. The summed E-state index contributed by atoms with van der Waals surface area (Å²) >= 11 is 5.89. The van der Waals surface area contributed by atoms with E-state index < -0.39 is 10.0 Å². The highest BCUT2D eigenvalue weighted by Gasteiger charge is 2.11. The van der Waals surface area contributed by atoms with Gasteiger partial charge in [0.25, 0.3) is 0 Å². The molecular weight excluding hydrogens is 401 g/mol. The van der Waals surface area contributed by atoms with Crippen LogP contribution < -0.4 is 9.46 Å². The number of benzene rings is 3. The van der Waals surface area contributed by atoms with E-state index in [2.05, 4.69) is 4.72 Å². The Morgan fingerprint density at radius 2 is 1.57 bits per heavy atom. The van der Waals surface area contributed by atoms with Crippen molar-refractivity contribution in [3.05, 3.63) is 100 Å². The predicted octanol–water partition coefficient (Wildman–Crippen LogP) is 4.68. The molecule has 0 aromatic heterocycles. The van der Waals surface area contributed by atoms with E-state index in [1.807, 2.05) is 0 Å². The summed E-state index contributed by atoms with van der Waals surface area (Å²) in [7, 11) is -3.48. The Balaban J connectivity index is 1.51. The number of rotatable bonds is 8. The van der Waals surface area contributed by atoms with E-state index in [0.717, 1.165) is 11.1 Å². The van der Waals surface area contributed by atoms with Crippen molar-refractivity contribution < 1.29 is 17.5 Å². The van der Waals surface area contributed by atoms with E-state index in [4.69, 9.17) is 16.3 Å². The van der Waals surface area contributed by atoms with Crippen LogP contribution in [0.5, 0.6) is 5.75 Å². The fraction of sp³-hybridized carbons (Fsp3) is 0.143. The molecule has 146 valence electrons. The molecule has 0 unspecified atom stereocenters. The zero-order valence-corrected chi connectivity index (χ0v) is 16.5. The van der Waals surface area contributed by atoms with E-state index in [1.54, 1.807) is 60.7 Å². The molecule has 0 atom stereocenters. The molecule has 0 radical (unpaired) electrons. The number of hydrogen-bond acceptors (Lipinski definition) is 3. The van der Waals surface area contributed by atoms with Crippen LogP contribution in [0.2, 0.25) is 5.02 Å². The molecule has 0 bridgehead atoms. The van der Waals surface area contributed by atoms with Gasteiger partial charge >= 0.3 is 0 Å². The fourth-order valence-electron chi connectivity index (χ4n) is 2.54. The lowest BCUT2D eigenvalue weighted by atomic mass is 10.2. The van der Waals surface area contributed by atoms with Crippen LogP contribution in [0.25, 0.3) is 0 Å². The first-order chi connectivity index (χ1) is 13.4. The Hall–Kier alpha value is -2.41. The van der Waals surface area contributed by atoms with Gasteiger partial charge in [0.05, 0.1) is 5.75 Å². The van der Waals surface area contributed by atoms with Crippen molar-refractivity contribution in [2.75, 3.05) is 0 Å². The van der Waals surface area contributed by atoms with Crippen molar-refractivity contribution in [2.24, 2.45) is 0 Å². The van der Waals surface area contributed by atoms with E-state index in [0.29, 0.717) is 22.9 Å². The molecule has 3 aromatic carbocycles. The Bertz CT molecular complexity index is 1020. The third-order valence-electron chi connectivity index (χ3n) is 3.98. The molecule has 0 amide bonds. The second kappa shape index (κ2) is 9.19. The number of halogens is 2. The molecule has 0 saturated heterocycles. The van der Waals surface area contributed by atoms with Crippen LogP contribution >= 0.6 is 11.6 Å². The highest BCUT2D eigenvalue weighted by Crippen LogP contribution is 2.16. The minimum Gasteiger partial charge on any atom is -0.489 e. The normalized spacial score (nSPS) is 11.4. The van der Waals surface area contributed by atoms with Gasteiger partial charge in [0, 0.05) is 11.6 Å². The summed E-state index contributed by atoms with van der Waals surface area (Å²) in [5, 5.41) is 0.504. The van der Waals surface area contributed by atoms with Crippen molar-refractivity contribution in [1.29, 1.82) is 0 Å². The minimum atomic E-state index is -3.48.